The third-order valence-electron chi connectivity index (χ3n) is 4.03. The minimum Gasteiger partial charge on any atom is -0.385 e. The van der Waals surface area contributed by atoms with Crippen molar-refractivity contribution in [3.8, 4) is 0 Å². The van der Waals surface area contributed by atoms with E-state index in [1.165, 1.54) is 4.90 Å². The number of hydrogen-bond donors (Lipinski definition) is 3. The lowest BCUT2D eigenvalue weighted by atomic mass is 10.2. The van der Waals surface area contributed by atoms with Gasteiger partial charge in [-0.1, -0.05) is 6.42 Å². The van der Waals surface area contributed by atoms with Gasteiger partial charge in [0.15, 0.2) is 0 Å². The molecule has 3 amide bonds. The quantitative estimate of drug-likeness (QED) is 0.664. The fourth-order valence-electron chi connectivity index (χ4n) is 2.74. The maximum Gasteiger partial charge on any atom is 0.329 e. The SMILES string of the molecule is NCCCCCNc1ccn2c(N3CCC(=O)NC3=O)cnc2c1. The molecule has 2 aromatic heterocycles. The van der Waals surface area contributed by atoms with Gasteiger partial charge in [0, 0.05) is 37.5 Å². The molecule has 0 radical (unpaired) electrons. The van der Waals surface area contributed by atoms with Gasteiger partial charge in [-0.25, -0.2) is 9.78 Å². The molecule has 1 fully saturated rings. The van der Waals surface area contributed by atoms with E-state index in [0.717, 1.165) is 43.7 Å². The number of urea groups is 1. The van der Waals surface area contributed by atoms with Gasteiger partial charge in [-0.2, -0.15) is 0 Å². The van der Waals surface area contributed by atoms with Crippen molar-refractivity contribution in [1.29, 1.82) is 0 Å². The van der Waals surface area contributed by atoms with E-state index in [-0.39, 0.29) is 5.91 Å². The minimum absolute atomic E-state index is 0.244. The molecular weight excluding hydrogens is 308 g/mol. The Balaban J connectivity index is 1.69. The van der Waals surface area contributed by atoms with Crippen LogP contribution in [0.25, 0.3) is 5.65 Å². The molecule has 2 aromatic rings. The summed E-state index contributed by atoms with van der Waals surface area (Å²) in [5, 5.41) is 5.69. The summed E-state index contributed by atoms with van der Waals surface area (Å²) < 4.78 is 1.84. The van der Waals surface area contributed by atoms with Crippen LogP contribution in [0, 0.1) is 0 Å². The van der Waals surface area contributed by atoms with Gasteiger partial charge in [0.1, 0.15) is 11.5 Å². The third kappa shape index (κ3) is 3.48. The Morgan fingerprint density at radius 1 is 1.29 bits per heavy atom. The van der Waals surface area contributed by atoms with Crippen molar-refractivity contribution in [1.82, 2.24) is 14.7 Å². The number of fused-ring (bicyclic) bond motifs is 1. The number of carbonyl (C=O) groups is 2. The van der Waals surface area contributed by atoms with Gasteiger partial charge < -0.3 is 11.1 Å². The van der Waals surface area contributed by atoms with Crippen LogP contribution in [0.3, 0.4) is 0 Å². The molecule has 24 heavy (non-hydrogen) atoms. The second-order valence-electron chi connectivity index (χ2n) is 5.79. The normalized spacial score (nSPS) is 15.0. The van der Waals surface area contributed by atoms with Gasteiger partial charge in [0.2, 0.25) is 5.91 Å². The summed E-state index contributed by atoms with van der Waals surface area (Å²) in [5.74, 6) is 0.413. The van der Waals surface area contributed by atoms with E-state index in [1.54, 1.807) is 6.20 Å². The molecule has 0 aliphatic carbocycles. The molecule has 0 aromatic carbocycles. The monoisotopic (exact) mass is 330 g/mol. The topological polar surface area (TPSA) is 105 Å². The van der Waals surface area contributed by atoms with Crippen LogP contribution in [0.1, 0.15) is 25.7 Å². The number of aromatic nitrogens is 2. The Hall–Kier alpha value is -2.61. The number of imide groups is 1. The second-order valence-corrected chi connectivity index (χ2v) is 5.79. The number of hydrogen-bond acceptors (Lipinski definition) is 5. The van der Waals surface area contributed by atoms with Crippen LogP contribution in [0.2, 0.25) is 0 Å². The largest absolute Gasteiger partial charge is 0.385 e. The number of nitrogens with zero attached hydrogens (tertiary/aromatic N) is 3. The van der Waals surface area contributed by atoms with Crippen LogP contribution in [0.5, 0.6) is 0 Å². The molecule has 3 rings (SSSR count). The van der Waals surface area contributed by atoms with Crippen LogP contribution < -0.4 is 21.3 Å². The van der Waals surface area contributed by atoms with E-state index < -0.39 is 6.03 Å². The summed E-state index contributed by atoms with van der Waals surface area (Å²) in [7, 11) is 0. The first-order valence-electron chi connectivity index (χ1n) is 8.21. The predicted molar refractivity (Wildman–Crippen MR) is 92.1 cm³/mol. The summed E-state index contributed by atoms with van der Waals surface area (Å²) in [4.78, 5) is 29.1. The molecule has 0 bridgehead atoms. The number of nitrogens with two attached hydrogens (primary N) is 1. The first-order chi connectivity index (χ1) is 11.7. The molecule has 128 valence electrons. The van der Waals surface area contributed by atoms with E-state index in [0.29, 0.717) is 18.8 Å². The van der Waals surface area contributed by atoms with Crippen LogP contribution in [-0.4, -0.2) is 41.0 Å². The van der Waals surface area contributed by atoms with Gasteiger partial charge >= 0.3 is 6.03 Å². The number of unbranched alkanes of at least 4 members (excludes halogenated alkanes) is 2. The number of carbonyl (C=O) groups excluding carboxylic acids is 2. The van der Waals surface area contributed by atoms with Gasteiger partial charge in [0.05, 0.1) is 6.20 Å². The molecule has 1 saturated heterocycles. The Labute approximate surface area is 140 Å². The summed E-state index contributed by atoms with van der Waals surface area (Å²) in [6, 6.07) is 3.49. The highest BCUT2D eigenvalue weighted by Gasteiger charge is 2.26. The molecule has 8 nitrogen and oxygen atoms in total. The van der Waals surface area contributed by atoms with Crippen molar-refractivity contribution >= 4 is 29.1 Å². The van der Waals surface area contributed by atoms with Gasteiger partial charge in [-0.3, -0.25) is 19.4 Å². The van der Waals surface area contributed by atoms with Crippen LogP contribution in [0.4, 0.5) is 16.3 Å². The van der Waals surface area contributed by atoms with E-state index in [2.05, 4.69) is 15.6 Å². The molecule has 0 saturated carbocycles. The van der Waals surface area contributed by atoms with E-state index in [4.69, 9.17) is 5.73 Å². The Kier molecular flexibility index (Phi) is 4.95. The van der Waals surface area contributed by atoms with E-state index in [1.807, 2.05) is 22.7 Å². The molecule has 3 heterocycles. The second kappa shape index (κ2) is 7.31. The zero-order chi connectivity index (χ0) is 16.9. The van der Waals surface area contributed by atoms with Crippen molar-refractivity contribution in [2.75, 3.05) is 29.9 Å². The molecular formula is C16H22N6O2. The first kappa shape index (κ1) is 16.3. The smallest absolute Gasteiger partial charge is 0.329 e. The van der Waals surface area contributed by atoms with Crippen molar-refractivity contribution in [2.24, 2.45) is 5.73 Å². The highest BCUT2D eigenvalue weighted by molar-refractivity contribution is 6.05. The van der Waals surface area contributed by atoms with Crippen LogP contribution in [0.15, 0.2) is 24.5 Å². The molecule has 1 aliphatic rings. The molecule has 4 N–H and O–H groups in total. The summed E-state index contributed by atoms with van der Waals surface area (Å²) in [6.07, 6.45) is 7.05. The van der Waals surface area contributed by atoms with E-state index in [9.17, 15) is 9.59 Å². The Morgan fingerprint density at radius 3 is 2.96 bits per heavy atom. The number of nitrogens with one attached hydrogen (secondary N) is 2. The fourth-order valence-corrected chi connectivity index (χ4v) is 2.74. The number of rotatable bonds is 7. The number of pyridine rings is 1. The zero-order valence-electron chi connectivity index (χ0n) is 13.5. The maximum atomic E-state index is 12.0. The first-order valence-corrected chi connectivity index (χ1v) is 8.21. The van der Waals surface area contributed by atoms with Gasteiger partial charge in [-0.15, -0.1) is 0 Å². The molecule has 1 aliphatic heterocycles. The average molecular weight is 330 g/mol. The lowest BCUT2D eigenvalue weighted by molar-refractivity contribution is -0.120. The van der Waals surface area contributed by atoms with Crippen LogP contribution >= 0.6 is 0 Å². The highest BCUT2D eigenvalue weighted by atomic mass is 16.2. The van der Waals surface area contributed by atoms with Gasteiger partial charge in [-0.05, 0) is 25.5 Å². The molecule has 0 spiro atoms. The Bertz CT molecular complexity index is 741. The van der Waals surface area contributed by atoms with Crippen LogP contribution in [-0.2, 0) is 4.79 Å². The third-order valence-corrected chi connectivity index (χ3v) is 4.03. The molecule has 8 heteroatoms. The number of amides is 3. The molecule has 0 atom stereocenters. The van der Waals surface area contributed by atoms with Gasteiger partial charge in [0.25, 0.3) is 0 Å². The van der Waals surface area contributed by atoms with E-state index >= 15 is 0 Å². The lowest BCUT2D eigenvalue weighted by Gasteiger charge is -2.25. The molecule has 0 unspecified atom stereocenters. The summed E-state index contributed by atoms with van der Waals surface area (Å²) in [5.41, 5.74) is 7.23. The standard InChI is InChI=1S/C16H22N6O2/c17-6-2-1-3-7-18-12-4-8-21-13(10-12)19-11-15(21)22-9-5-14(23)20-16(22)24/h4,8,10-11,18H,1-3,5-7,9,17H2,(H,20,23,24). The average Bonchev–Trinajstić information content (AvgIpc) is 2.98. The maximum absolute atomic E-state index is 12.0. The van der Waals surface area contributed by atoms with Crippen molar-refractivity contribution in [2.45, 2.75) is 25.7 Å². The van der Waals surface area contributed by atoms with Crippen molar-refractivity contribution in [3.05, 3.63) is 24.5 Å². The van der Waals surface area contributed by atoms with Crippen molar-refractivity contribution < 1.29 is 9.59 Å². The Morgan fingerprint density at radius 2 is 2.17 bits per heavy atom. The summed E-state index contributed by atoms with van der Waals surface area (Å²) >= 11 is 0. The number of imidazole rings is 1. The summed E-state index contributed by atoms with van der Waals surface area (Å²) in [6.45, 7) is 1.98. The predicted octanol–water partition coefficient (Wildman–Crippen LogP) is 1.32. The zero-order valence-corrected chi connectivity index (χ0v) is 13.5. The highest BCUT2D eigenvalue weighted by Crippen LogP contribution is 2.21. The minimum atomic E-state index is -0.407. The van der Waals surface area contributed by atoms with Crippen molar-refractivity contribution in [3.63, 3.8) is 0 Å². The lowest BCUT2D eigenvalue weighted by Crippen LogP contribution is -2.50. The fraction of sp³-hybridized carbons (Fsp3) is 0.438. The number of anilines is 2.